The zero-order valence-electron chi connectivity index (χ0n) is 9.16. The fraction of sp³-hybridized carbons (Fsp3) is 0.500. The molecule has 0 aliphatic heterocycles. The maximum absolute atomic E-state index is 11.6. The van der Waals surface area contributed by atoms with Gasteiger partial charge in [0.15, 0.2) is 0 Å². The molecule has 0 amide bonds. The van der Waals surface area contributed by atoms with Crippen molar-refractivity contribution in [3.05, 3.63) is 28.5 Å². The van der Waals surface area contributed by atoms with E-state index in [1.165, 1.54) is 0 Å². The van der Waals surface area contributed by atoms with Crippen LogP contribution in [0.15, 0.2) is 22.9 Å². The van der Waals surface area contributed by atoms with E-state index in [1.54, 1.807) is 12.4 Å². The minimum Gasteiger partial charge on any atom is -0.299 e. The molecule has 0 bridgehead atoms. The first-order chi connectivity index (χ1) is 7.08. The normalized spacial score (nSPS) is 10.7. The van der Waals surface area contributed by atoms with E-state index in [0.29, 0.717) is 24.5 Å². The molecule has 1 heterocycles. The number of pyridine rings is 1. The molecule has 1 aromatic rings. The van der Waals surface area contributed by atoms with Crippen molar-refractivity contribution < 1.29 is 4.79 Å². The Hall–Kier alpha value is -0.700. The molecule has 1 rings (SSSR count). The average Bonchev–Trinajstić information content (AvgIpc) is 2.15. The Morgan fingerprint density at radius 1 is 1.47 bits per heavy atom. The molecule has 0 unspecified atom stereocenters. The van der Waals surface area contributed by atoms with Crippen LogP contribution in [0.2, 0.25) is 0 Å². The van der Waals surface area contributed by atoms with Gasteiger partial charge < -0.3 is 0 Å². The Balaban J connectivity index is 2.44. The number of halogens is 1. The summed E-state index contributed by atoms with van der Waals surface area (Å²) in [7, 11) is 0. The Labute approximate surface area is 99.2 Å². The van der Waals surface area contributed by atoms with Crippen molar-refractivity contribution in [2.75, 3.05) is 0 Å². The van der Waals surface area contributed by atoms with Gasteiger partial charge in [0.25, 0.3) is 0 Å². The van der Waals surface area contributed by atoms with Gasteiger partial charge in [-0.05, 0) is 39.9 Å². The van der Waals surface area contributed by atoms with Crippen LogP contribution < -0.4 is 0 Å². The van der Waals surface area contributed by atoms with E-state index in [1.807, 2.05) is 6.07 Å². The van der Waals surface area contributed by atoms with Crippen molar-refractivity contribution in [2.45, 2.75) is 33.1 Å². The highest BCUT2D eigenvalue weighted by molar-refractivity contribution is 9.10. The summed E-state index contributed by atoms with van der Waals surface area (Å²) in [5.41, 5.74) is 0.984. The van der Waals surface area contributed by atoms with Crippen molar-refractivity contribution in [3.63, 3.8) is 0 Å². The molecule has 0 aliphatic carbocycles. The summed E-state index contributed by atoms with van der Waals surface area (Å²) >= 11 is 3.34. The molecule has 0 saturated carbocycles. The highest BCUT2D eigenvalue weighted by atomic mass is 79.9. The largest absolute Gasteiger partial charge is 0.299 e. The predicted molar refractivity (Wildman–Crippen MR) is 64.7 cm³/mol. The molecule has 0 fully saturated rings. The van der Waals surface area contributed by atoms with E-state index >= 15 is 0 Å². The number of nitrogens with zero attached hydrogens (tertiary/aromatic N) is 1. The van der Waals surface area contributed by atoms with Gasteiger partial charge >= 0.3 is 0 Å². The van der Waals surface area contributed by atoms with Gasteiger partial charge in [0, 0.05) is 29.7 Å². The molecular formula is C12H16BrNO. The quantitative estimate of drug-likeness (QED) is 0.820. The van der Waals surface area contributed by atoms with Crippen molar-refractivity contribution in [2.24, 2.45) is 5.92 Å². The smallest absolute Gasteiger partial charge is 0.137 e. The zero-order valence-corrected chi connectivity index (χ0v) is 10.8. The van der Waals surface area contributed by atoms with Gasteiger partial charge in [0.05, 0.1) is 0 Å². The SMILES string of the molecule is CC(C)CCC(=O)Cc1cncc(Br)c1. The first kappa shape index (κ1) is 12.4. The fourth-order valence-corrected chi connectivity index (χ4v) is 1.73. The minimum atomic E-state index is 0.295. The van der Waals surface area contributed by atoms with E-state index in [9.17, 15) is 4.79 Å². The number of carbonyl (C=O) groups is 1. The molecule has 2 nitrogen and oxygen atoms in total. The summed E-state index contributed by atoms with van der Waals surface area (Å²) in [6, 6.07) is 1.94. The molecule has 82 valence electrons. The number of Topliss-reactive ketones (excluding diaryl/α,β-unsaturated/α-hetero) is 1. The molecule has 15 heavy (non-hydrogen) atoms. The molecule has 0 atom stereocenters. The van der Waals surface area contributed by atoms with Gasteiger partial charge in [-0.25, -0.2) is 0 Å². The van der Waals surface area contributed by atoms with E-state index in [4.69, 9.17) is 0 Å². The molecule has 1 aromatic heterocycles. The molecule has 0 radical (unpaired) electrons. The lowest BCUT2D eigenvalue weighted by Gasteiger charge is -2.04. The first-order valence-electron chi connectivity index (χ1n) is 5.19. The molecule has 0 saturated heterocycles. The predicted octanol–water partition coefficient (Wildman–Crippen LogP) is 3.39. The summed E-state index contributed by atoms with van der Waals surface area (Å²) in [4.78, 5) is 15.6. The van der Waals surface area contributed by atoms with E-state index in [-0.39, 0.29) is 0 Å². The van der Waals surface area contributed by atoms with Crippen LogP contribution in [0.5, 0.6) is 0 Å². The third-order valence-electron chi connectivity index (χ3n) is 2.16. The average molecular weight is 270 g/mol. The summed E-state index contributed by atoms with van der Waals surface area (Å²) < 4.78 is 0.927. The molecule has 0 spiro atoms. The van der Waals surface area contributed by atoms with Crippen LogP contribution in [0.3, 0.4) is 0 Å². The van der Waals surface area contributed by atoms with Crippen LogP contribution in [0.1, 0.15) is 32.3 Å². The number of ketones is 1. The van der Waals surface area contributed by atoms with Crippen LogP contribution in [0, 0.1) is 5.92 Å². The Bertz CT molecular complexity index is 336. The molecule has 0 N–H and O–H groups in total. The molecule has 0 aliphatic rings. The zero-order chi connectivity index (χ0) is 11.3. The van der Waals surface area contributed by atoms with Crippen LogP contribution >= 0.6 is 15.9 Å². The lowest BCUT2D eigenvalue weighted by Crippen LogP contribution is -2.04. The van der Waals surface area contributed by atoms with Crippen LogP contribution in [-0.4, -0.2) is 10.8 Å². The lowest BCUT2D eigenvalue weighted by molar-refractivity contribution is -0.118. The van der Waals surface area contributed by atoms with Gasteiger partial charge in [-0.1, -0.05) is 13.8 Å². The van der Waals surface area contributed by atoms with E-state index in [2.05, 4.69) is 34.8 Å². The monoisotopic (exact) mass is 269 g/mol. The summed E-state index contributed by atoms with van der Waals surface area (Å²) in [5, 5.41) is 0. The van der Waals surface area contributed by atoms with Gasteiger partial charge in [-0.15, -0.1) is 0 Å². The van der Waals surface area contributed by atoms with Crippen molar-refractivity contribution in [3.8, 4) is 0 Å². The van der Waals surface area contributed by atoms with Gasteiger partial charge in [0.1, 0.15) is 5.78 Å². The number of aromatic nitrogens is 1. The Morgan fingerprint density at radius 3 is 2.80 bits per heavy atom. The molecular weight excluding hydrogens is 254 g/mol. The molecule has 3 heteroatoms. The standard InChI is InChI=1S/C12H16BrNO/c1-9(2)3-4-12(15)6-10-5-11(13)8-14-7-10/h5,7-9H,3-4,6H2,1-2H3. The van der Waals surface area contributed by atoms with Crippen molar-refractivity contribution in [1.29, 1.82) is 0 Å². The van der Waals surface area contributed by atoms with E-state index in [0.717, 1.165) is 16.5 Å². The van der Waals surface area contributed by atoms with Gasteiger partial charge in [-0.3, -0.25) is 9.78 Å². The van der Waals surface area contributed by atoms with Crippen LogP contribution in [0.4, 0.5) is 0 Å². The summed E-state index contributed by atoms with van der Waals surface area (Å²) in [6.45, 7) is 4.27. The van der Waals surface area contributed by atoms with Crippen LogP contribution in [0.25, 0.3) is 0 Å². The first-order valence-corrected chi connectivity index (χ1v) is 5.98. The topological polar surface area (TPSA) is 30.0 Å². The van der Waals surface area contributed by atoms with Crippen LogP contribution in [-0.2, 0) is 11.2 Å². The number of rotatable bonds is 5. The lowest BCUT2D eigenvalue weighted by atomic mass is 10.0. The Kier molecular flexibility index (Phi) is 4.95. The highest BCUT2D eigenvalue weighted by Gasteiger charge is 2.05. The number of carbonyl (C=O) groups excluding carboxylic acids is 1. The fourth-order valence-electron chi connectivity index (χ4n) is 1.32. The third-order valence-corrected chi connectivity index (χ3v) is 2.60. The second kappa shape index (κ2) is 6.01. The highest BCUT2D eigenvalue weighted by Crippen LogP contribution is 2.12. The van der Waals surface area contributed by atoms with Crippen molar-refractivity contribution >= 4 is 21.7 Å². The number of hydrogen-bond acceptors (Lipinski definition) is 2. The number of hydrogen-bond donors (Lipinski definition) is 0. The maximum atomic E-state index is 11.6. The third kappa shape index (κ3) is 5.07. The van der Waals surface area contributed by atoms with Crippen molar-refractivity contribution in [1.82, 2.24) is 4.98 Å². The van der Waals surface area contributed by atoms with Gasteiger partial charge in [-0.2, -0.15) is 0 Å². The Morgan fingerprint density at radius 2 is 2.20 bits per heavy atom. The summed E-state index contributed by atoms with van der Waals surface area (Å²) in [5.74, 6) is 0.887. The molecule has 0 aromatic carbocycles. The van der Waals surface area contributed by atoms with Gasteiger partial charge in [0.2, 0.25) is 0 Å². The van der Waals surface area contributed by atoms with E-state index < -0.39 is 0 Å². The minimum absolute atomic E-state index is 0.295. The summed E-state index contributed by atoms with van der Waals surface area (Å²) in [6.07, 6.45) is 5.61. The second-order valence-electron chi connectivity index (χ2n) is 4.16. The maximum Gasteiger partial charge on any atom is 0.137 e. The second-order valence-corrected chi connectivity index (χ2v) is 5.08.